The lowest BCUT2D eigenvalue weighted by Crippen LogP contribution is -2.22. The van der Waals surface area contributed by atoms with Crippen molar-refractivity contribution in [2.45, 2.75) is 46.7 Å². The van der Waals surface area contributed by atoms with Crippen LogP contribution in [0, 0.1) is 20.8 Å². The molecular weight excluding hydrogens is 246 g/mol. The highest BCUT2D eigenvalue weighted by atomic mass is 32.1. The van der Waals surface area contributed by atoms with E-state index in [1.807, 2.05) is 13.8 Å². The minimum atomic E-state index is 0.0931. The van der Waals surface area contributed by atoms with Gasteiger partial charge in [-0.25, -0.2) is 9.97 Å². The van der Waals surface area contributed by atoms with Crippen molar-refractivity contribution in [1.29, 1.82) is 0 Å². The monoisotopic (exact) mass is 265 g/mol. The number of oxazole rings is 1. The van der Waals surface area contributed by atoms with Crippen LogP contribution >= 0.6 is 11.3 Å². The van der Waals surface area contributed by atoms with Gasteiger partial charge in [0.25, 0.3) is 0 Å². The maximum Gasteiger partial charge on any atom is 0.211 e. The summed E-state index contributed by atoms with van der Waals surface area (Å²) >= 11 is 1.74. The molecule has 0 spiro atoms. The lowest BCUT2D eigenvalue weighted by Gasteiger charge is -2.17. The minimum absolute atomic E-state index is 0.0931. The first-order valence-corrected chi connectivity index (χ1v) is 6.91. The molecule has 2 atom stereocenters. The van der Waals surface area contributed by atoms with E-state index in [0.29, 0.717) is 0 Å². The van der Waals surface area contributed by atoms with Crippen molar-refractivity contribution >= 4 is 11.3 Å². The number of rotatable bonds is 4. The summed E-state index contributed by atoms with van der Waals surface area (Å²) in [6.45, 7) is 10.2. The summed E-state index contributed by atoms with van der Waals surface area (Å²) in [7, 11) is 0. The Kier molecular flexibility index (Phi) is 3.82. The average molecular weight is 265 g/mol. The second-order valence-corrected chi connectivity index (χ2v) is 5.84. The zero-order chi connectivity index (χ0) is 13.3. The van der Waals surface area contributed by atoms with Crippen LogP contribution in [0.3, 0.4) is 0 Å². The second-order valence-electron chi connectivity index (χ2n) is 4.60. The topological polar surface area (TPSA) is 51.0 Å². The Balaban J connectivity index is 2.07. The van der Waals surface area contributed by atoms with Crippen LogP contribution in [-0.2, 0) is 0 Å². The van der Waals surface area contributed by atoms with E-state index in [9.17, 15) is 0 Å². The zero-order valence-corrected chi connectivity index (χ0v) is 12.3. The molecule has 0 radical (unpaired) electrons. The second kappa shape index (κ2) is 5.20. The summed E-state index contributed by atoms with van der Waals surface area (Å²) in [6.07, 6.45) is 1.75. The number of hydrogen-bond donors (Lipinski definition) is 1. The Bertz CT molecular complexity index is 532. The number of nitrogens with one attached hydrogen (secondary N) is 1. The van der Waals surface area contributed by atoms with Gasteiger partial charge in [-0.15, -0.1) is 11.3 Å². The summed E-state index contributed by atoms with van der Waals surface area (Å²) in [5.41, 5.74) is 1.10. The molecule has 2 heterocycles. The number of nitrogens with zero attached hydrogens (tertiary/aromatic N) is 2. The molecule has 2 aromatic rings. The smallest absolute Gasteiger partial charge is 0.211 e. The molecule has 0 fully saturated rings. The van der Waals surface area contributed by atoms with Gasteiger partial charge in [-0.2, -0.15) is 0 Å². The molecule has 4 nitrogen and oxygen atoms in total. The van der Waals surface area contributed by atoms with Gasteiger partial charge in [0.2, 0.25) is 5.89 Å². The fraction of sp³-hybridized carbons (Fsp3) is 0.538. The maximum atomic E-state index is 5.53. The van der Waals surface area contributed by atoms with Crippen molar-refractivity contribution < 1.29 is 4.42 Å². The number of aryl methyl sites for hydroxylation is 3. The van der Waals surface area contributed by atoms with E-state index in [-0.39, 0.29) is 12.1 Å². The SMILES string of the molecule is Cc1cnc(C(C)NC(C)c2sc(C)nc2C)o1. The largest absolute Gasteiger partial charge is 0.444 e. The predicted molar refractivity (Wildman–Crippen MR) is 72.8 cm³/mol. The van der Waals surface area contributed by atoms with Gasteiger partial charge in [0.1, 0.15) is 5.76 Å². The zero-order valence-electron chi connectivity index (χ0n) is 11.4. The molecule has 0 aliphatic heterocycles. The first-order chi connectivity index (χ1) is 8.47. The van der Waals surface area contributed by atoms with Crippen molar-refractivity contribution in [3.63, 3.8) is 0 Å². The Labute approximate surface area is 111 Å². The lowest BCUT2D eigenvalue weighted by molar-refractivity contribution is 0.381. The van der Waals surface area contributed by atoms with E-state index in [1.54, 1.807) is 17.5 Å². The predicted octanol–water partition coefficient (Wildman–Crippen LogP) is 3.47. The van der Waals surface area contributed by atoms with Gasteiger partial charge in [-0.05, 0) is 34.6 Å². The van der Waals surface area contributed by atoms with Crippen LogP contribution in [0.4, 0.5) is 0 Å². The highest BCUT2D eigenvalue weighted by Crippen LogP contribution is 2.26. The van der Waals surface area contributed by atoms with Crippen molar-refractivity contribution in [3.05, 3.63) is 33.4 Å². The third kappa shape index (κ3) is 2.79. The van der Waals surface area contributed by atoms with E-state index in [4.69, 9.17) is 4.42 Å². The third-order valence-corrected chi connectivity index (χ3v) is 4.10. The Morgan fingerprint density at radius 1 is 1.22 bits per heavy atom. The summed E-state index contributed by atoms with van der Waals surface area (Å²) in [6, 6.07) is 0.342. The van der Waals surface area contributed by atoms with Crippen LogP contribution in [0.1, 0.15) is 53.2 Å². The molecule has 0 saturated heterocycles. The van der Waals surface area contributed by atoms with Gasteiger partial charge in [-0.3, -0.25) is 5.32 Å². The normalized spacial score (nSPS) is 14.7. The number of aromatic nitrogens is 2. The standard InChI is InChI=1S/C13H19N3OS/c1-7-6-14-13(17-7)10(4)15-8(2)12-9(3)16-11(5)18-12/h6,8,10,15H,1-5H3. The van der Waals surface area contributed by atoms with E-state index in [0.717, 1.165) is 22.4 Å². The molecule has 0 aliphatic carbocycles. The Morgan fingerprint density at radius 3 is 2.44 bits per heavy atom. The first-order valence-electron chi connectivity index (χ1n) is 6.09. The van der Waals surface area contributed by atoms with Gasteiger partial charge in [0.15, 0.2) is 0 Å². The summed E-state index contributed by atoms with van der Waals surface area (Å²) in [5.74, 6) is 1.58. The molecule has 0 amide bonds. The van der Waals surface area contributed by atoms with Crippen LogP contribution < -0.4 is 5.32 Å². The van der Waals surface area contributed by atoms with Gasteiger partial charge in [0.05, 0.1) is 22.9 Å². The van der Waals surface area contributed by atoms with Crippen molar-refractivity contribution in [1.82, 2.24) is 15.3 Å². The van der Waals surface area contributed by atoms with E-state index < -0.39 is 0 Å². The fourth-order valence-corrected chi connectivity index (χ4v) is 2.98. The molecular formula is C13H19N3OS. The van der Waals surface area contributed by atoms with Crippen molar-refractivity contribution in [3.8, 4) is 0 Å². The summed E-state index contributed by atoms with van der Waals surface area (Å²) in [4.78, 5) is 9.98. The van der Waals surface area contributed by atoms with E-state index in [2.05, 4.69) is 36.1 Å². The maximum absolute atomic E-state index is 5.53. The molecule has 0 aliphatic rings. The van der Waals surface area contributed by atoms with Gasteiger partial charge >= 0.3 is 0 Å². The van der Waals surface area contributed by atoms with Crippen LogP contribution in [0.25, 0.3) is 0 Å². The lowest BCUT2D eigenvalue weighted by atomic mass is 10.2. The van der Waals surface area contributed by atoms with Gasteiger partial charge < -0.3 is 4.42 Å². The quantitative estimate of drug-likeness (QED) is 0.919. The van der Waals surface area contributed by atoms with Crippen LogP contribution in [0.15, 0.2) is 10.6 Å². The molecule has 5 heteroatoms. The van der Waals surface area contributed by atoms with Crippen LogP contribution in [0.5, 0.6) is 0 Å². The molecule has 1 N–H and O–H groups in total. The number of thiazole rings is 1. The van der Waals surface area contributed by atoms with Gasteiger partial charge in [0, 0.05) is 10.9 Å². The summed E-state index contributed by atoms with van der Waals surface area (Å²) < 4.78 is 5.53. The fourth-order valence-electron chi connectivity index (χ4n) is 2.04. The minimum Gasteiger partial charge on any atom is -0.444 e. The molecule has 98 valence electrons. The molecule has 0 saturated carbocycles. The molecule has 2 rings (SSSR count). The van der Waals surface area contributed by atoms with Crippen molar-refractivity contribution in [2.75, 3.05) is 0 Å². The molecule has 2 unspecified atom stereocenters. The number of hydrogen-bond acceptors (Lipinski definition) is 5. The van der Waals surface area contributed by atoms with E-state index >= 15 is 0 Å². The van der Waals surface area contributed by atoms with Crippen LogP contribution in [0.2, 0.25) is 0 Å². The third-order valence-electron chi connectivity index (χ3n) is 2.84. The van der Waals surface area contributed by atoms with E-state index in [1.165, 1.54) is 4.88 Å². The Morgan fingerprint density at radius 2 is 1.94 bits per heavy atom. The molecule has 18 heavy (non-hydrogen) atoms. The summed E-state index contributed by atoms with van der Waals surface area (Å²) in [5, 5.41) is 4.60. The van der Waals surface area contributed by atoms with Crippen molar-refractivity contribution in [2.24, 2.45) is 0 Å². The molecule has 2 aromatic heterocycles. The first kappa shape index (κ1) is 13.2. The highest BCUT2D eigenvalue weighted by molar-refractivity contribution is 7.11. The molecule has 0 bridgehead atoms. The average Bonchev–Trinajstić information content (AvgIpc) is 2.84. The molecule has 0 aromatic carbocycles. The Hall–Kier alpha value is -1.20. The highest BCUT2D eigenvalue weighted by Gasteiger charge is 2.18. The van der Waals surface area contributed by atoms with Gasteiger partial charge in [-0.1, -0.05) is 0 Å². The van der Waals surface area contributed by atoms with Crippen LogP contribution in [-0.4, -0.2) is 9.97 Å².